The highest BCUT2D eigenvalue weighted by Crippen LogP contribution is 2.42. The van der Waals surface area contributed by atoms with Crippen LogP contribution >= 0.6 is 11.6 Å². The fourth-order valence-electron chi connectivity index (χ4n) is 3.12. The Bertz CT molecular complexity index is 809. The molecule has 0 saturated heterocycles. The maximum absolute atomic E-state index is 12.5. The van der Waals surface area contributed by atoms with Gasteiger partial charge in [-0.3, -0.25) is 0 Å². The van der Waals surface area contributed by atoms with E-state index in [-0.39, 0.29) is 5.97 Å². The second-order valence-corrected chi connectivity index (χ2v) is 7.35. The van der Waals surface area contributed by atoms with E-state index in [1.54, 1.807) is 0 Å². The first-order valence-electron chi connectivity index (χ1n) is 9.19. The number of carbonyl (C=O) groups excluding carboxylic acids is 1. The minimum Gasteiger partial charge on any atom is -0.489 e. The van der Waals surface area contributed by atoms with Crippen molar-refractivity contribution in [3.63, 3.8) is 0 Å². The van der Waals surface area contributed by atoms with Crippen molar-refractivity contribution in [3.05, 3.63) is 63.2 Å². The minimum atomic E-state index is -0.272. The van der Waals surface area contributed by atoms with Crippen LogP contribution in [0.5, 0.6) is 5.75 Å². The van der Waals surface area contributed by atoms with E-state index in [2.05, 4.69) is 6.07 Å². The van der Waals surface area contributed by atoms with Crippen LogP contribution in [-0.4, -0.2) is 12.6 Å². The van der Waals surface area contributed by atoms with Gasteiger partial charge in [-0.15, -0.1) is 0 Å². The molecule has 1 aliphatic carbocycles. The molecule has 0 aliphatic heterocycles. The van der Waals surface area contributed by atoms with Crippen molar-refractivity contribution in [1.82, 2.24) is 0 Å². The predicted octanol–water partition coefficient (Wildman–Crippen LogP) is 5.98. The number of benzene rings is 2. The second kappa shape index (κ2) is 8.13. The first-order valence-corrected chi connectivity index (χ1v) is 9.57. The first-order chi connectivity index (χ1) is 12.5. The number of halogens is 1. The van der Waals surface area contributed by atoms with Crippen molar-refractivity contribution in [2.24, 2.45) is 0 Å². The van der Waals surface area contributed by atoms with Gasteiger partial charge in [0.25, 0.3) is 0 Å². The third-order valence-corrected chi connectivity index (χ3v) is 5.12. The molecule has 0 amide bonds. The molecule has 0 unspecified atom stereocenters. The summed E-state index contributed by atoms with van der Waals surface area (Å²) >= 11 is 6.24. The minimum absolute atomic E-state index is 0.272. The van der Waals surface area contributed by atoms with E-state index in [0.717, 1.165) is 41.7 Å². The third-order valence-electron chi connectivity index (χ3n) is 4.71. The monoisotopic (exact) mass is 372 g/mol. The number of ether oxygens (including phenoxy) is 2. The Morgan fingerprint density at radius 2 is 1.96 bits per heavy atom. The Morgan fingerprint density at radius 1 is 1.19 bits per heavy atom. The molecular weight excluding hydrogens is 348 g/mol. The smallest absolute Gasteiger partial charge is 0.338 e. The van der Waals surface area contributed by atoms with Gasteiger partial charge in [-0.25, -0.2) is 4.79 Å². The van der Waals surface area contributed by atoms with Crippen LogP contribution in [0.2, 0.25) is 5.02 Å². The standard InChI is InChI=1S/C22H25ClO3/c1-4-10-25-22(24)18-7-5-6-17(16-8-9-16)19(18)13-26-21-12-20(23)14(2)11-15(21)3/h5-7,11-12,16H,4,8-10,13H2,1-3H3. The van der Waals surface area contributed by atoms with Gasteiger partial charge in [-0.05, 0) is 67.9 Å². The zero-order valence-electron chi connectivity index (χ0n) is 15.6. The van der Waals surface area contributed by atoms with E-state index < -0.39 is 0 Å². The average Bonchev–Trinajstić information content (AvgIpc) is 3.46. The van der Waals surface area contributed by atoms with Crippen LogP contribution in [0.4, 0.5) is 0 Å². The summed E-state index contributed by atoms with van der Waals surface area (Å²) in [6.07, 6.45) is 3.13. The summed E-state index contributed by atoms with van der Waals surface area (Å²) in [5.74, 6) is 1.00. The lowest BCUT2D eigenvalue weighted by molar-refractivity contribution is 0.0502. The lowest BCUT2D eigenvalue weighted by Gasteiger charge is -2.16. The van der Waals surface area contributed by atoms with E-state index in [1.807, 2.05) is 45.0 Å². The van der Waals surface area contributed by atoms with E-state index in [0.29, 0.717) is 29.7 Å². The maximum Gasteiger partial charge on any atom is 0.338 e. The van der Waals surface area contributed by atoms with E-state index in [4.69, 9.17) is 21.1 Å². The largest absolute Gasteiger partial charge is 0.489 e. The number of hydrogen-bond acceptors (Lipinski definition) is 3. The normalized spacial score (nSPS) is 13.5. The molecule has 3 nitrogen and oxygen atoms in total. The fourth-order valence-corrected chi connectivity index (χ4v) is 3.27. The van der Waals surface area contributed by atoms with Crippen molar-refractivity contribution >= 4 is 17.6 Å². The lowest BCUT2D eigenvalue weighted by Crippen LogP contribution is -2.13. The number of hydrogen-bond donors (Lipinski definition) is 0. The Balaban J connectivity index is 1.88. The molecule has 0 heterocycles. The average molecular weight is 373 g/mol. The molecule has 0 atom stereocenters. The highest BCUT2D eigenvalue weighted by molar-refractivity contribution is 6.31. The second-order valence-electron chi connectivity index (χ2n) is 6.94. The summed E-state index contributed by atoms with van der Waals surface area (Å²) in [7, 11) is 0. The summed E-state index contributed by atoms with van der Waals surface area (Å²) in [4.78, 5) is 12.5. The molecular formula is C22H25ClO3. The zero-order valence-corrected chi connectivity index (χ0v) is 16.4. The Hall–Kier alpha value is -2.00. The van der Waals surface area contributed by atoms with Gasteiger partial charge < -0.3 is 9.47 Å². The number of carbonyl (C=O) groups is 1. The molecule has 3 rings (SSSR count). The molecule has 1 fully saturated rings. The van der Waals surface area contributed by atoms with E-state index in [9.17, 15) is 4.79 Å². The predicted molar refractivity (Wildman–Crippen MR) is 104 cm³/mol. The SMILES string of the molecule is CCCOC(=O)c1cccc(C2CC2)c1COc1cc(Cl)c(C)cc1C. The first kappa shape index (κ1) is 18.8. The van der Waals surface area contributed by atoms with Crippen molar-refractivity contribution in [1.29, 1.82) is 0 Å². The van der Waals surface area contributed by atoms with Gasteiger partial charge in [0, 0.05) is 10.6 Å². The van der Waals surface area contributed by atoms with Crippen molar-refractivity contribution in [3.8, 4) is 5.75 Å². The number of esters is 1. The van der Waals surface area contributed by atoms with Crippen LogP contribution in [0.25, 0.3) is 0 Å². The van der Waals surface area contributed by atoms with Crippen LogP contribution in [0.15, 0.2) is 30.3 Å². The highest BCUT2D eigenvalue weighted by Gasteiger charge is 2.28. The highest BCUT2D eigenvalue weighted by atomic mass is 35.5. The van der Waals surface area contributed by atoms with Crippen molar-refractivity contribution < 1.29 is 14.3 Å². The molecule has 0 bridgehead atoms. The molecule has 0 aromatic heterocycles. The van der Waals surface area contributed by atoms with Crippen LogP contribution in [-0.2, 0) is 11.3 Å². The van der Waals surface area contributed by atoms with Gasteiger partial charge in [0.2, 0.25) is 0 Å². The molecule has 0 radical (unpaired) electrons. The van der Waals surface area contributed by atoms with E-state index in [1.165, 1.54) is 5.56 Å². The molecule has 2 aromatic rings. The quantitative estimate of drug-likeness (QED) is 0.561. The Morgan fingerprint density at radius 3 is 2.65 bits per heavy atom. The van der Waals surface area contributed by atoms with Gasteiger partial charge in [-0.1, -0.05) is 36.7 Å². The van der Waals surface area contributed by atoms with Crippen molar-refractivity contribution in [2.75, 3.05) is 6.61 Å². The van der Waals surface area contributed by atoms with Gasteiger partial charge in [-0.2, -0.15) is 0 Å². The Kier molecular flexibility index (Phi) is 5.87. The maximum atomic E-state index is 12.5. The molecule has 1 aliphatic rings. The molecule has 0 spiro atoms. The van der Waals surface area contributed by atoms with Crippen LogP contribution in [0.3, 0.4) is 0 Å². The molecule has 4 heteroatoms. The zero-order chi connectivity index (χ0) is 18.7. The van der Waals surface area contributed by atoms with Crippen molar-refractivity contribution in [2.45, 2.75) is 52.6 Å². The number of aryl methyl sites for hydroxylation is 2. The molecule has 0 N–H and O–H groups in total. The van der Waals surface area contributed by atoms with Gasteiger partial charge >= 0.3 is 5.97 Å². The van der Waals surface area contributed by atoms with Gasteiger partial charge in [0.15, 0.2) is 0 Å². The topological polar surface area (TPSA) is 35.5 Å². The van der Waals surface area contributed by atoms with E-state index >= 15 is 0 Å². The van der Waals surface area contributed by atoms with Gasteiger partial charge in [0.1, 0.15) is 12.4 Å². The third kappa shape index (κ3) is 4.21. The summed E-state index contributed by atoms with van der Waals surface area (Å²) in [5, 5.41) is 0.684. The number of rotatable bonds is 7. The van der Waals surface area contributed by atoms with Crippen LogP contribution < -0.4 is 4.74 Å². The molecule has 2 aromatic carbocycles. The molecule has 1 saturated carbocycles. The summed E-state index contributed by atoms with van der Waals surface area (Å²) < 4.78 is 11.4. The summed E-state index contributed by atoms with van der Waals surface area (Å²) in [5.41, 5.74) is 4.81. The fraction of sp³-hybridized carbons (Fsp3) is 0.409. The lowest BCUT2D eigenvalue weighted by atomic mass is 9.98. The van der Waals surface area contributed by atoms with Crippen LogP contribution in [0.1, 0.15) is 64.7 Å². The molecule has 138 valence electrons. The Labute approximate surface area is 160 Å². The summed E-state index contributed by atoms with van der Waals surface area (Å²) in [6.45, 7) is 6.73. The van der Waals surface area contributed by atoms with Crippen LogP contribution in [0, 0.1) is 13.8 Å². The molecule has 26 heavy (non-hydrogen) atoms. The summed E-state index contributed by atoms with van der Waals surface area (Å²) in [6, 6.07) is 9.73. The van der Waals surface area contributed by atoms with Gasteiger partial charge in [0.05, 0.1) is 12.2 Å².